The minimum absolute atomic E-state index is 0.0820. The molecule has 0 aliphatic rings. The molecule has 0 spiro atoms. The van der Waals surface area contributed by atoms with Gasteiger partial charge in [-0.15, -0.1) is 0 Å². The summed E-state index contributed by atoms with van der Waals surface area (Å²) in [5, 5.41) is 2.48. The highest BCUT2D eigenvalue weighted by Crippen LogP contribution is 2.01. The third-order valence-electron chi connectivity index (χ3n) is 2.27. The zero-order chi connectivity index (χ0) is 13.4. The Morgan fingerprint density at radius 2 is 2.22 bits per heavy atom. The van der Waals surface area contributed by atoms with Gasteiger partial charge in [0.2, 0.25) is 5.91 Å². The molecule has 0 saturated heterocycles. The molecule has 1 atom stereocenters. The molecule has 1 aromatic carbocycles. The Bertz CT molecular complexity index is 429. The van der Waals surface area contributed by atoms with E-state index in [0.717, 1.165) is 5.56 Å². The maximum Gasteiger partial charge on any atom is 0.295 e. The first-order valence-corrected chi connectivity index (χ1v) is 5.50. The molecule has 0 radical (unpaired) electrons. The number of nitrogens with zero attached hydrogens (tertiary/aromatic N) is 1. The highest BCUT2D eigenvalue weighted by molar-refractivity contribution is 5.97. The summed E-state index contributed by atoms with van der Waals surface area (Å²) in [7, 11) is 1.41. The van der Waals surface area contributed by atoms with Crippen LogP contribution in [0.2, 0.25) is 0 Å². The van der Waals surface area contributed by atoms with Crippen LogP contribution in [0.15, 0.2) is 48.1 Å². The molecule has 3 N–H and O–H groups in total. The van der Waals surface area contributed by atoms with Crippen LogP contribution in [0.25, 0.3) is 0 Å². The summed E-state index contributed by atoms with van der Waals surface area (Å²) in [6.45, 7) is 3.42. The highest BCUT2D eigenvalue weighted by atomic mass is 16.5. The number of carbonyl (C=O) groups excluding carboxylic acids is 1. The van der Waals surface area contributed by atoms with Gasteiger partial charge in [0.15, 0.2) is 0 Å². The van der Waals surface area contributed by atoms with Crippen molar-refractivity contribution in [2.24, 2.45) is 10.7 Å². The van der Waals surface area contributed by atoms with Crippen LogP contribution in [0.1, 0.15) is 5.56 Å². The molecule has 18 heavy (non-hydrogen) atoms. The Balaban J connectivity index is 2.56. The number of ether oxygens (including phenoxy) is 1. The lowest BCUT2D eigenvalue weighted by Crippen LogP contribution is -2.45. The zero-order valence-corrected chi connectivity index (χ0v) is 10.3. The van der Waals surface area contributed by atoms with Crippen molar-refractivity contribution >= 4 is 11.9 Å². The lowest BCUT2D eigenvalue weighted by molar-refractivity contribution is -0.121. The summed E-state index contributed by atoms with van der Waals surface area (Å²) >= 11 is 0. The number of amides is 1. The normalized spacial score (nSPS) is 12.7. The predicted molar refractivity (Wildman–Crippen MR) is 70.9 cm³/mol. The first-order valence-electron chi connectivity index (χ1n) is 5.50. The van der Waals surface area contributed by atoms with Crippen LogP contribution < -0.4 is 11.1 Å². The Kier molecular flexibility index (Phi) is 5.60. The van der Waals surface area contributed by atoms with E-state index in [-0.39, 0.29) is 11.9 Å². The third-order valence-corrected chi connectivity index (χ3v) is 2.27. The van der Waals surface area contributed by atoms with Crippen LogP contribution >= 0.6 is 0 Å². The second-order valence-corrected chi connectivity index (χ2v) is 3.61. The number of aliphatic imine (C=N–C) groups is 1. The molecule has 0 fully saturated rings. The number of benzene rings is 1. The second kappa shape index (κ2) is 7.24. The van der Waals surface area contributed by atoms with Crippen molar-refractivity contribution in [1.29, 1.82) is 0 Å². The smallest absolute Gasteiger partial charge is 0.295 e. The van der Waals surface area contributed by atoms with Gasteiger partial charge in [0.05, 0.1) is 13.2 Å². The van der Waals surface area contributed by atoms with Crippen LogP contribution in [0, 0.1) is 0 Å². The van der Waals surface area contributed by atoms with Crippen LogP contribution in [0.3, 0.4) is 0 Å². The Labute approximate surface area is 106 Å². The van der Waals surface area contributed by atoms with E-state index < -0.39 is 6.04 Å². The molecule has 5 nitrogen and oxygen atoms in total. The van der Waals surface area contributed by atoms with E-state index in [1.165, 1.54) is 13.3 Å². The van der Waals surface area contributed by atoms with Gasteiger partial charge >= 0.3 is 0 Å². The zero-order valence-electron chi connectivity index (χ0n) is 10.3. The number of methoxy groups -OCH3 is 1. The van der Waals surface area contributed by atoms with Gasteiger partial charge in [-0.1, -0.05) is 36.9 Å². The minimum Gasteiger partial charge on any atom is -0.468 e. The molecular weight excluding hydrogens is 230 g/mol. The van der Waals surface area contributed by atoms with E-state index in [4.69, 9.17) is 10.5 Å². The molecule has 0 heterocycles. The molecule has 1 amide bonds. The molecule has 5 heteroatoms. The Hall–Kier alpha value is -2.14. The van der Waals surface area contributed by atoms with Gasteiger partial charge in [0.25, 0.3) is 6.02 Å². The molecule has 0 bridgehead atoms. The monoisotopic (exact) mass is 247 g/mol. The van der Waals surface area contributed by atoms with Crippen molar-refractivity contribution in [2.45, 2.75) is 12.5 Å². The molecule has 1 aromatic rings. The minimum atomic E-state index is -0.655. The summed E-state index contributed by atoms with van der Waals surface area (Å²) in [5.74, 6) is -0.346. The SMILES string of the molecule is C=CN=C(NC(=O)C(N)Cc1ccccc1)OC. The maximum absolute atomic E-state index is 11.8. The first-order chi connectivity index (χ1) is 8.67. The standard InChI is InChI=1S/C13H17N3O2/c1-3-15-13(18-2)16-12(17)11(14)9-10-7-5-4-6-8-10/h3-8,11H,1,9,14H2,2H3,(H,15,16,17). The van der Waals surface area contributed by atoms with Gasteiger partial charge in [0.1, 0.15) is 0 Å². The van der Waals surface area contributed by atoms with Crippen molar-refractivity contribution in [3.05, 3.63) is 48.7 Å². The van der Waals surface area contributed by atoms with Gasteiger partial charge in [-0.3, -0.25) is 10.1 Å². The number of hydrogen-bond donors (Lipinski definition) is 2. The number of rotatable bonds is 4. The van der Waals surface area contributed by atoms with Crippen molar-refractivity contribution < 1.29 is 9.53 Å². The second-order valence-electron chi connectivity index (χ2n) is 3.61. The average molecular weight is 247 g/mol. The topological polar surface area (TPSA) is 76.7 Å². The number of nitrogens with one attached hydrogen (secondary N) is 1. The maximum atomic E-state index is 11.8. The molecule has 1 unspecified atom stereocenters. The van der Waals surface area contributed by atoms with Crippen molar-refractivity contribution in [3.8, 4) is 0 Å². The van der Waals surface area contributed by atoms with Crippen molar-refractivity contribution in [2.75, 3.05) is 7.11 Å². The molecule has 0 aromatic heterocycles. The van der Waals surface area contributed by atoms with Gasteiger partial charge in [0, 0.05) is 6.20 Å². The summed E-state index contributed by atoms with van der Waals surface area (Å²) < 4.78 is 4.85. The molecule has 0 aliphatic heterocycles. The number of nitrogens with two attached hydrogens (primary N) is 1. The van der Waals surface area contributed by atoms with Crippen molar-refractivity contribution in [1.82, 2.24) is 5.32 Å². The van der Waals surface area contributed by atoms with E-state index in [0.29, 0.717) is 6.42 Å². The van der Waals surface area contributed by atoms with Gasteiger partial charge in [-0.05, 0) is 12.0 Å². The highest BCUT2D eigenvalue weighted by Gasteiger charge is 2.15. The number of carbonyl (C=O) groups is 1. The fourth-order valence-corrected chi connectivity index (χ4v) is 1.38. The van der Waals surface area contributed by atoms with Gasteiger partial charge < -0.3 is 10.5 Å². The van der Waals surface area contributed by atoms with Crippen LogP contribution in [-0.4, -0.2) is 25.1 Å². The lowest BCUT2D eigenvalue weighted by Gasteiger charge is -2.12. The Morgan fingerprint density at radius 1 is 1.56 bits per heavy atom. The Morgan fingerprint density at radius 3 is 2.78 bits per heavy atom. The summed E-state index contributed by atoms with van der Waals surface area (Å²) in [6, 6.07) is 8.98. The van der Waals surface area contributed by atoms with Crippen LogP contribution in [-0.2, 0) is 16.0 Å². The first kappa shape index (κ1) is 13.9. The molecule has 0 aliphatic carbocycles. The van der Waals surface area contributed by atoms with Gasteiger partial charge in [-0.2, -0.15) is 0 Å². The van der Waals surface area contributed by atoms with Crippen LogP contribution in [0.4, 0.5) is 0 Å². The molecule has 0 saturated carbocycles. The fourth-order valence-electron chi connectivity index (χ4n) is 1.38. The summed E-state index contributed by atoms with van der Waals surface area (Å²) in [6.07, 6.45) is 1.74. The van der Waals surface area contributed by atoms with E-state index in [1.807, 2.05) is 30.3 Å². The third kappa shape index (κ3) is 4.39. The number of amidine groups is 1. The lowest BCUT2D eigenvalue weighted by atomic mass is 10.1. The van der Waals surface area contributed by atoms with E-state index in [1.54, 1.807) is 0 Å². The largest absolute Gasteiger partial charge is 0.468 e. The predicted octanol–water partition coefficient (Wildman–Crippen LogP) is 0.818. The van der Waals surface area contributed by atoms with E-state index in [9.17, 15) is 4.79 Å². The fraction of sp³-hybridized carbons (Fsp3) is 0.231. The summed E-state index contributed by atoms with van der Waals surface area (Å²) in [4.78, 5) is 15.5. The quantitative estimate of drug-likeness (QED) is 0.611. The molecular formula is C13H17N3O2. The average Bonchev–Trinajstić information content (AvgIpc) is 2.39. The van der Waals surface area contributed by atoms with E-state index >= 15 is 0 Å². The van der Waals surface area contributed by atoms with E-state index in [2.05, 4.69) is 16.9 Å². The summed E-state index contributed by atoms with van der Waals surface area (Å²) in [5.41, 5.74) is 6.80. The number of hydrogen-bond acceptors (Lipinski definition) is 4. The van der Waals surface area contributed by atoms with Crippen molar-refractivity contribution in [3.63, 3.8) is 0 Å². The van der Waals surface area contributed by atoms with Crippen LogP contribution in [0.5, 0.6) is 0 Å². The molecule has 1 rings (SSSR count). The van der Waals surface area contributed by atoms with Gasteiger partial charge in [-0.25, -0.2) is 4.99 Å². The molecule has 96 valence electrons.